The second-order valence-electron chi connectivity index (χ2n) is 5.00. The molecule has 0 radical (unpaired) electrons. The van der Waals surface area contributed by atoms with Crippen molar-refractivity contribution in [3.63, 3.8) is 0 Å². The fourth-order valence-corrected chi connectivity index (χ4v) is 3.08. The molecule has 4 nitrogen and oxygen atoms in total. The van der Waals surface area contributed by atoms with E-state index >= 15 is 0 Å². The number of phenols is 1. The van der Waals surface area contributed by atoms with Crippen molar-refractivity contribution in [2.45, 2.75) is 31.7 Å². The highest BCUT2D eigenvalue weighted by molar-refractivity contribution is 9.10. The van der Waals surface area contributed by atoms with Crippen LogP contribution >= 0.6 is 28.1 Å². The quantitative estimate of drug-likeness (QED) is 0.814. The second-order valence-corrected chi connectivity index (χ2v) is 6.44. The van der Waals surface area contributed by atoms with Crippen LogP contribution in [0.3, 0.4) is 0 Å². The molecule has 0 spiro atoms. The summed E-state index contributed by atoms with van der Waals surface area (Å²) in [6.07, 6.45) is 4.14. The maximum Gasteiger partial charge on any atom is 0.258 e. The highest BCUT2D eigenvalue weighted by Gasteiger charge is 2.29. The molecule has 0 atom stereocenters. The van der Waals surface area contributed by atoms with Gasteiger partial charge in [-0.15, -0.1) is 0 Å². The summed E-state index contributed by atoms with van der Waals surface area (Å²) in [6.45, 7) is 0.255. The molecule has 3 N–H and O–H groups in total. The average molecular weight is 357 g/mol. The van der Waals surface area contributed by atoms with Crippen molar-refractivity contribution in [3.05, 3.63) is 28.2 Å². The molecule has 0 aliphatic heterocycles. The van der Waals surface area contributed by atoms with E-state index in [-0.39, 0.29) is 29.8 Å². The third kappa shape index (κ3) is 3.49. The molecule has 0 saturated heterocycles. The van der Waals surface area contributed by atoms with E-state index in [0.717, 1.165) is 30.2 Å². The standard InChI is InChI=1S/C14H17BrN2O2S/c15-9-5-6-12(18)11(7-9)14(19)17(8-13(16)20)10-3-1-2-4-10/h5-7,10,18H,1-4,8H2,(H2,16,20). The van der Waals surface area contributed by atoms with E-state index in [2.05, 4.69) is 15.9 Å². The molecule has 1 saturated carbocycles. The minimum Gasteiger partial charge on any atom is -0.507 e. The molecule has 1 amide bonds. The number of nitrogens with zero attached hydrogens (tertiary/aromatic N) is 1. The molecule has 1 aromatic rings. The van der Waals surface area contributed by atoms with Gasteiger partial charge in [-0.05, 0) is 31.0 Å². The number of carbonyl (C=O) groups excluding carboxylic acids is 1. The van der Waals surface area contributed by atoms with Crippen molar-refractivity contribution in [1.82, 2.24) is 4.90 Å². The van der Waals surface area contributed by atoms with Crippen molar-refractivity contribution in [3.8, 4) is 5.75 Å². The summed E-state index contributed by atoms with van der Waals surface area (Å²) in [4.78, 5) is 14.7. The van der Waals surface area contributed by atoms with Gasteiger partial charge in [0.1, 0.15) is 5.75 Å². The van der Waals surface area contributed by atoms with Crippen molar-refractivity contribution in [2.24, 2.45) is 5.73 Å². The van der Waals surface area contributed by atoms with Crippen molar-refractivity contribution >= 4 is 39.0 Å². The van der Waals surface area contributed by atoms with Crippen LogP contribution in [-0.4, -0.2) is 33.5 Å². The first-order chi connectivity index (χ1) is 9.49. The van der Waals surface area contributed by atoms with Gasteiger partial charge in [0.25, 0.3) is 5.91 Å². The van der Waals surface area contributed by atoms with Crippen LogP contribution in [0.25, 0.3) is 0 Å². The molecule has 0 heterocycles. The van der Waals surface area contributed by atoms with Gasteiger partial charge in [0, 0.05) is 10.5 Å². The Balaban J connectivity index is 2.29. The van der Waals surface area contributed by atoms with Gasteiger partial charge in [0.2, 0.25) is 0 Å². The first-order valence-corrected chi connectivity index (χ1v) is 7.77. The van der Waals surface area contributed by atoms with Crippen LogP contribution < -0.4 is 5.73 Å². The summed E-state index contributed by atoms with van der Waals surface area (Å²) >= 11 is 8.26. The monoisotopic (exact) mass is 356 g/mol. The first-order valence-electron chi connectivity index (χ1n) is 6.57. The molecule has 1 aliphatic rings. The van der Waals surface area contributed by atoms with E-state index in [1.54, 1.807) is 17.0 Å². The van der Waals surface area contributed by atoms with Gasteiger partial charge in [0.15, 0.2) is 0 Å². The molecular formula is C14H17BrN2O2S. The summed E-state index contributed by atoms with van der Waals surface area (Å²) in [5.41, 5.74) is 5.89. The minimum atomic E-state index is -0.219. The predicted octanol–water partition coefficient (Wildman–Crippen LogP) is 2.83. The van der Waals surface area contributed by atoms with Crippen LogP contribution in [0.5, 0.6) is 5.75 Å². The average Bonchev–Trinajstić information content (AvgIpc) is 2.91. The molecule has 0 bridgehead atoms. The zero-order valence-corrected chi connectivity index (χ0v) is 13.4. The number of aromatic hydroxyl groups is 1. The van der Waals surface area contributed by atoms with Crippen LogP contribution in [0.4, 0.5) is 0 Å². The lowest BCUT2D eigenvalue weighted by Gasteiger charge is -2.29. The van der Waals surface area contributed by atoms with Gasteiger partial charge in [-0.1, -0.05) is 41.0 Å². The fraction of sp³-hybridized carbons (Fsp3) is 0.429. The van der Waals surface area contributed by atoms with Gasteiger partial charge in [-0.25, -0.2) is 0 Å². The number of hydrogen-bond donors (Lipinski definition) is 2. The predicted molar refractivity (Wildman–Crippen MR) is 85.9 cm³/mol. The van der Waals surface area contributed by atoms with Gasteiger partial charge in [0.05, 0.1) is 17.1 Å². The highest BCUT2D eigenvalue weighted by Crippen LogP contribution is 2.28. The maximum absolute atomic E-state index is 12.7. The number of carbonyl (C=O) groups is 1. The molecule has 108 valence electrons. The summed E-state index contributed by atoms with van der Waals surface area (Å²) in [6, 6.07) is 4.98. The van der Waals surface area contributed by atoms with Crippen LogP contribution in [-0.2, 0) is 0 Å². The molecule has 6 heteroatoms. The number of hydrogen-bond acceptors (Lipinski definition) is 3. The molecule has 20 heavy (non-hydrogen) atoms. The third-order valence-electron chi connectivity index (χ3n) is 3.54. The van der Waals surface area contributed by atoms with Gasteiger partial charge >= 0.3 is 0 Å². The van der Waals surface area contributed by atoms with Crippen LogP contribution in [0, 0.1) is 0 Å². The van der Waals surface area contributed by atoms with Crippen LogP contribution in [0.2, 0.25) is 0 Å². The van der Waals surface area contributed by atoms with Crippen LogP contribution in [0.1, 0.15) is 36.0 Å². The molecule has 0 unspecified atom stereocenters. The number of thiocarbonyl (C=S) groups is 1. The lowest BCUT2D eigenvalue weighted by Crippen LogP contribution is -2.43. The van der Waals surface area contributed by atoms with Crippen molar-refractivity contribution in [1.29, 1.82) is 0 Å². The van der Waals surface area contributed by atoms with Gasteiger partial charge < -0.3 is 15.7 Å². The van der Waals surface area contributed by atoms with Crippen molar-refractivity contribution < 1.29 is 9.90 Å². The van der Waals surface area contributed by atoms with E-state index in [0.29, 0.717) is 4.99 Å². The molecule has 2 rings (SSSR count). The minimum absolute atomic E-state index is 0.0239. The molecule has 1 aliphatic carbocycles. The SMILES string of the molecule is NC(=S)CN(C(=O)c1cc(Br)ccc1O)C1CCCC1. The maximum atomic E-state index is 12.7. The Bertz CT molecular complexity index is 530. The van der Waals surface area contributed by atoms with E-state index in [1.165, 1.54) is 6.07 Å². The molecular weight excluding hydrogens is 340 g/mol. The summed E-state index contributed by atoms with van der Waals surface area (Å²) < 4.78 is 0.750. The number of benzene rings is 1. The van der Waals surface area contributed by atoms with E-state index in [4.69, 9.17) is 18.0 Å². The Morgan fingerprint density at radius 3 is 2.70 bits per heavy atom. The zero-order chi connectivity index (χ0) is 14.7. The Morgan fingerprint density at radius 1 is 1.45 bits per heavy atom. The Labute approximate surface area is 132 Å². The first kappa shape index (κ1) is 15.3. The number of halogens is 1. The topological polar surface area (TPSA) is 66.6 Å². The summed E-state index contributed by atoms with van der Waals surface area (Å²) in [7, 11) is 0. The van der Waals surface area contributed by atoms with Crippen molar-refractivity contribution in [2.75, 3.05) is 6.54 Å². The number of amides is 1. The number of nitrogens with two attached hydrogens (primary N) is 1. The van der Waals surface area contributed by atoms with E-state index in [1.807, 2.05) is 0 Å². The van der Waals surface area contributed by atoms with Crippen LogP contribution in [0.15, 0.2) is 22.7 Å². The third-order valence-corrected chi connectivity index (χ3v) is 4.16. The second kappa shape index (κ2) is 6.54. The zero-order valence-electron chi connectivity index (χ0n) is 11.0. The fourth-order valence-electron chi connectivity index (χ4n) is 2.58. The normalized spacial score (nSPS) is 15.2. The number of rotatable bonds is 4. The summed E-state index contributed by atoms with van der Waals surface area (Å²) in [5, 5.41) is 9.90. The Hall–Kier alpha value is -1.14. The highest BCUT2D eigenvalue weighted by atomic mass is 79.9. The summed E-state index contributed by atoms with van der Waals surface area (Å²) in [5.74, 6) is -0.243. The molecule has 1 fully saturated rings. The largest absolute Gasteiger partial charge is 0.507 e. The van der Waals surface area contributed by atoms with Gasteiger partial charge in [-0.2, -0.15) is 0 Å². The number of phenolic OH excluding ortho intramolecular Hbond substituents is 1. The van der Waals surface area contributed by atoms with E-state index < -0.39 is 0 Å². The Kier molecular flexibility index (Phi) is 4.99. The molecule has 1 aromatic carbocycles. The van der Waals surface area contributed by atoms with Gasteiger partial charge in [-0.3, -0.25) is 4.79 Å². The van der Waals surface area contributed by atoms with E-state index in [9.17, 15) is 9.90 Å². The lowest BCUT2D eigenvalue weighted by atomic mass is 10.1. The molecule has 0 aromatic heterocycles. The Morgan fingerprint density at radius 2 is 2.10 bits per heavy atom. The smallest absolute Gasteiger partial charge is 0.258 e. The lowest BCUT2D eigenvalue weighted by molar-refractivity contribution is 0.0711.